The van der Waals surface area contributed by atoms with E-state index in [2.05, 4.69) is 37.4 Å². The van der Waals surface area contributed by atoms with Gasteiger partial charge in [0.15, 0.2) is 0 Å². The Morgan fingerprint density at radius 3 is 2.70 bits per heavy atom. The average Bonchev–Trinajstić information content (AvgIpc) is 1.94. The summed E-state index contributed by atoms with van der Waals surface area (Å²) in [5.41, 5.74) is 3.32. The highest BCUT2D eigenvalue weighted by Gasteiger charge is 1.95. The molecule has 0 spiro atoms. The lowest BCUT2D eigenvalue weighted by atomic mass is 10.2. The van der Waals surface area contributed by atoms with Gasteiger partial charge in [-0.15, -0.1) is 0 Å². The predicted octanol–water partition coefficient (Wildman–Crippen LogP) is 2.46. The van der Waals surface area contributed by atoms with Gasteiger partial charge in [0.1, 0.15) is 0 Å². The minimum Gasteiger partial charge on any atom is -0.327 e. The van der Waals surface area contributed by atoms with Gasteiger partial charge in [0.05, 0.1) is 34.2 Å². The molecule has 0 bridgehead atoms. The van der Waals surface area contributed by atoms with Crippen LogP contribution in [0.1, 0.15) is 11.3 Å². The van der Waals surface area contributed by atoms with Crippen LogP contribution in [-0.2, 0) is 0 Å². The third kappa shape index (κ3) is 1.59. The molecule has 54 valence electrons. The van der Waals surface area contributed by atoms with Crippen molar-refractivity contribution in [3.63, 3.8) is 0 Å². The average molecular weight is 248 g/mol. The number of nitrogens with zero attached hydrogens (tertiary/aromatic N) is 1. The van der Waals surface area contributed by atoms with Gasteiger partial charge in [-0.2, -0.15) is 0 Å². The van der Waals surface area contributed by atoms with Crippen LogP contribution in [0.5, 0.6) is 0 Å². The topological polar surface area (TPSA) is 24.9 Å². The lowest BCUT2D eigenvalue weighted by Crippen LogP contribution is -1.89. The first-order valence-corrected chi connectivity index (χ1v) is 4.12. The number of hydrogen-bond acceptors (Lipinski definition) is 2. The maximum absolute atomic E-state index is 4.18. The lowest BCUT2D eigenvalue weighted by molar-refractivity contribution is 1.18. The Morgan fingerprint density at radius 1 is 1.50 bits per heavy atom. The Labute approximate surface area is 74.5 Å². The molecule has 1 aromatic rings. The zero-order chi connectivity index (χ0) is 7.56. The fourth-order valence-corrected chi connectivity index (χ4v) is 1.28. The van der Waals surface area contributed by atoms with E-state index in [1.54, 1.807) is 0 Å². The van der Waals surface area contributed by atoms with E-state index in [1.165, 1.54) is 5.56 Å². The van der Waals surface area contributed by atoms with Crippen molar-refractivity contribution in [2.75, 3.05) is 3.53 Å². The second-order valence-corrected chi connectivity index (χ2v) is 2.78. The standard InChI is InChI=1S/C7H9IN2/c1-5-3-7(10-8)6(2)9-4-5/h3-4,10H,1-2H3. The molecule has 3 heteroatoms. The van der Waals surface area contributed by atoms with Crippen molar-refractivity contribution in [3.8, 4) is 0 Å². The Hall–Kier alpha value is -0.320. The van der Waals surface area contributed by atoms with Crippen molar-refractivity contribution in [1.29, 1.82) is 0 Å². The molecule has 2 nitrogen and oxygen atoms in total. The van der Waals surface area contributed by atoms with Crippen molar-refractivity contribution < 1.29 is 0 Å². The quantitative estimate of drug-likeness (QED) is 0.610. The van der Waals surface area contributed by atoms with Gasteiger partial charge < -0.3 is 3.53 Å². The predicted molar refractivity (Wildman–Crippen MR) is 51.4 cm³/mol. The van der Waals surface area contributed by atoms with Crippen LogP contribution in [-0.4, -0.2) is 4.98 Å². The van der Waals surface area contributed by atoms with Crippen LogP contribution in [0.2, 0.25) is 0 Å². The first kappa shape index (κ1) is 7.78. The summed E-state index contributed by atoms with van der Waals surface area (Å²) >= 11 is 2.11. The molecule has 1 aromatic heterocycles. The molecule has 0 aromatic carbocycles. The molecule has 0 fully saturated rings. The van der Waals surface area contributed by atoms with Crippen molar-refractivity contribution in [2.24, 2.45) is 0 Å². The zero-order valence-corrected chi connectivity index (χ0v) is 8.14. The van der Waals surface area contributed by atoms with E-state index >= 15 is 0 Å². The number of aryl methyl sites for hydroxylation is 2. The van der Waals surface area contributed by atoms with Crippen LogP contribution in [0.3, 0.4) is 0 Å². The van der Waals surface area contributed by atoms with E-state index in [1.807, 2.05) is 20.0 Å². The van der Waals surface area contributed by atoms with E-state index < -0.39 is 0 Å². The largest absolute Gasteiger partial charge is 0.327 e. The van der Waals surface area contributed by atoms with Crippen molar-refractivity contribution in [1.82, 2.24) is 4.98 Å². The Balaban J connectivity index is 3.09. The summed E-state index contributed by atoms with van der Waals surface area (Å²) in [4.78, 5) is 4.18. The van der Waals surface area contributed by atoms with E-state index in [4.69, 9.17) is 0 Å². The van der Waals surface area contributed by atoms with Gasteiger partial charge >= 0.3 is 0 Å². The molecule has 1 heterocycles. The fraction of sp³-hybridized carbons (Fsp3) is 0.286. The molecule has 10 heavy (non-hydrogen) atoms. The van der Waals surface area contributed by atoms with Gasteiger partial charge in [-0.1, -0.05) is 0 Å². The van der Waals surface area contributed by atoms with Gasteiger partial charge in [0.2, 0.25) is 0 Å². The minimum atomic E-state index is 1.04. The molecule has 0 amide bonds. The number of nitrogens with one attached hydrogen (secondary N) is 1. The molecule has 0 aliphatic heterocycles. The summed E-state index contributed by atoms with van der Waals surface area (Å²) in [6.07, 6.45) is 1.87. The number of aromatic nitrogens is 1. The molecule has 0 saturated heterocycles. The summed E-state index contributed by atoms with van der Waals surface area (Å²) < 4.78 is 3.04. The highest BCUT2D eigenvalue weighted by atomic mass is 127. The minimum absolute atomic E-state index is 1.04. The zero-order valence-electron chi connectivity index (χ0n) is 5.98. The van der Waals surface area contributed by atoms with E-state index in [0.29, 0.717) is 0 Å². The molecule has 1 rings (SSSR count). The van der Waals surface area contributed by atoms with Gasteiger partial charge in [-0.05, 0) is 25.5 Å². The highest BCUT2D eigenvalue weighted by Crippen LogP contribution is 2.14. The molecule has 0 aliphatic rings. The van der Waals surface area contributed by atoms with E-state index in [0.717, 1.165) is 11.4 Å². The number of anilines is 1. The Kier molecular flexibility index (Phi) is 2.48. The molecule has 0 aliphatic carbocycles. The highest BCUT2D eigenvalue weighted by molar-refractivity contribution is 14.1. The lowest BCUT2D eigenvalue weighted by Gasteiger charge is -2.01. The number of rotatable bonds is 1. The SMILES string of the molecule is Cc1cnc(C)c(NI)c1. The fourth-order valence-electron chi connectivity index (χ4n) is 0.733. The van der Waals surface area contributed by atoms with Gasteiger partial charge in [-0.3, -0.25) is 4.98 Å². The van der Waals surface area contributed by atoms with Crippen molar-refractivity contribution in [2.45, 2.75) is 13.8 Å². The third-order valence-corrected chi connectivity index (χ3v) is 1.91. The molecule has 0 saturated carbocycles. The second kappa shape index (κ2) is 3.18. The van der Waals surface area contributed by atoms with Crippen LogP contribution >= 0.6 is 22.9 Å². The first-order chi connectivity index (χ1) is 4.74. The number of halogens is 1. The first-order valence-electron chi connectivity index (χ1n) is 3.04. The van der Waals surface area contributed by atoms with Gasteiger partial charge in [0.25, 0.3) is 0 Å². The van der Waals surface area contributed by atoms with Crippen LogP contribution in [0.15, 0.2) is 12.3 Å². The van der Waals surface area contributed by atoms with Crippen LogP contribution in [0, 0.1) is 13.8 Å². The maximum atomic E-state index is 4.18. The smallest absolute Gasteiger partial charge is 0.0645 e. The van der Waals surface area contributed by atoms with E-state index in [-0.39, 0.29) is 0 Å². The summed E-state index contributed by atoms with van der Waals surface area (Å²) in [7, 11) is 0. The van der Waals surface area contributed by atoms with Crippen molar-refractivity contribution >= 4 is 28.6 Å². The molecule has 0 atom stereocenters. The number of hydrogen-bond donors (Lipinski definition) is 1. The van der Waals surface area contributed by atoms with Crippen molar-refractivity contribution in [3.05, 3.63) is 23.5 Å². The van der Waals surface area contributed by atoms with Crippen LogP contribution in [0.4, 0.5) is 5.69 Å². The van der Waals surface area contributed by atoms with Crippen LogP contribution in [0.25, 0.3) is 0 Å². The third-order valence-electron chi connectivity index (χ3n) is 1.33. The molecular weight excluding hydrogens is 239 g/mol. The van der Waals surface area contributed by atoms with Gasteiger partial charge in [0, 0.05) is 6.20 Å². The summed E-state index contributed by atoms with van der Waals surface area (Å²) in [6.45, 7) is 4.02. The normalized spacial score (nSPS) is 9.50. The van der Waals surface area contributed by atoms with Gasteiger partial charge in [-0.25, -0.2) is 0 Å². The molecular formula is C7H9IN2. The Bertz CT molecular complexity index is 235. The number of pyridine rings is 1. The molecule has 0 radical (unpaired) electrons. The summed E-state index contributed by atoms with van der Waals surface area (Å²) in [5.74, 6) is 0. The summed E-state index contributed by atoms with van der Waals surface area (Å²) in [5, 5.41) is 0. The van der Waals surface area contributed by atoms with E-state index in [9.17, 15) is 0 Å². The maximum Gasteiger partial charge on any atom is 0.0645 e. The second-order valence-electron chi connectivity index (χ2n) is 2.24. The van der Waals surface area contributed by atoms with Crippen LogP contribution < -0.4 is 3.53 Å². The molecule has 1 N–H and O–H groups in total. The molecule has 0 unspecified atom stereocenters. The monoisotopic (exact) mass is 248 g/mol. The Morgan fingerprint density at radius 2 is 2.20 bits per heavy atom. The summed E-state index contributed by atoms with van der Waals surface area (Å²) in [6, 6.07) is 2.08.